The van der Waals surface area contributed by atoms with Crippen molar-refractivity contribution in [2.24, 2.45) is 5.73 Å². The Kier molecular flexibility index (Phi) is 19.2. The molecule has 0 heterocycles. The minimum Gasteiger partial charge on any atom is -0.366 e. The molecule has 0 fully saturated rings. The van der Waals surface area contributed by atoms with Gasteiger partial charge in [-0.1, -0.05) is 131 Å². The number of hydrogen-bond acceptors (Lipinski definition) is 1. The Hall–Kier alpha value is -2.35. The predicted octanol–water partition coefficient (Wildman–Crippen LogP) is 7.29. The van der Waals surface area contributed by atoms with Crippen molar-refractivity contribution in [1.82, 2.24) is 0 Å². The predicted molar refractivity (Wildman–Crippen MR) is 125 cm³/mol. The van der Waals surface area contributed by atoms with Gasteiger partial charge in [0.1, 0.15) is 0 Å². The summed E-state index contributed by atoms with van der Waals surface area (Å²) in [4.78, 5) is 10.8. The number of allylic oxidation sites excluding steroid dienone is 13. The van der Waals surface area contributed by atoms with E-state index in [1.165, 1.54) is 57.8 Å². The zero-order valence-corrected chi connectivity index (χ0v) is 17.9. The van der Waals surface area contributed by atoms with Crippen LogP contribution in [0.3, 0.4) is 0 Å². The van der Waals surface area contributed by atoms with Crippen LogP contribution in [0.4, 0.5) is 0 Å². The normalized spacial score (nSPS) is 13.6. The molecule has 1 amide bonds. The smallest absolute Gasteiger partial charge is 0.244 e. The lowest BCUT2D eigenvalue weighted by Gasteiger charge is -1.99. The molecular formula is C26H39NO. The third-order valence-electron chi connectivity index (χ3n) is 4.21. The van der Waals surface area contributed by atoms with E-state index in [0.29, 0.717) is 5.57 Å². The number of carbonyl (C=O) groups is 1. The Labute approximate surface area is 173 Å². The van der Waals surface area contributed by atoms with Crippen LogP contribution in [0.25, 0.3) is 0 Å². The number of unbranched alkanes of at least 4 members (excludes halogenated alkanes) is 8. The largest absolute Gasteiger partial charge is 0.366 e. The number of amides is 1. The first-order valence-corrected chi connectivity index (χ1v) is 10.6. The van der Waals surface area contributed by atoms with Crippen molar-refractivity contribution < 1.29 is 4.79 Å². The molecule has 0 aromatic heterocycles. The highest BCUT2D eigenvalue weighted by Gasteiger charge is 1.92. The van der Waals surface area contributed by atoms with E-state index in [-0.39, 0.29) is 0 Å². The second-order valence-corrected chi connectivity index (χ2v) is 6.83. The first kappa shape index (κ1) is 25.6. The molecule has 0 rings (SSSR count). The summed E-state index contributed by atoms with van der Waals surface area (Å²) in [5, 5.41) is 0. The molecule has 0 saturated carbocycles. The van der Waals surface area contributed by atoms with Crippen molar-refractivity contribution in [2.75, 3.05) is 0 Å². The van der Waals surface area contributed by atoms with E-state index >= 15 is 0 Å². The van der Waals surface area contributed by atoms with Crippen LogP contribution in [0.2, 0.25) is 0 Å². The van der Waals surface area contributed by atoms with E-state index < -0.39 is 5.91 Å². The van der Waals surface area contributed by atoms with Gasteiger partial charge in [0, 0.05) is 5.57 Å². The van der Waals surface area contributed by atoms with Crippen LogP contribution < -0.4 is 5.73 Å². The second kappa shape index (κ2) is 21.0. The van der Waals surface area contributed by atoms with Crippen molar-refractivity contribution in [3.63, 3.8) is 0 Å². The average molecular weight is 382 g/mol. The molecule has 2 N–H and O–H groups in total. The lowest BCUT2D eigenvalue weighted by molar-refractivity contribution is -0.114. The molecule has 0 atom stereocenters. The van der Waals surface area contributed by atoms with Gasteiger partial charge in [0.05, 0.1) is 0 Å². The van der Waals surface area contributed by atoms with Crippen LogP contribution in [0.15, 0.2) is 84.6 Å². The molecule has 0 radical (unpaired) electrons. The van der Waals surface area contributed by atoms with Gasteiger partial charge in [-0.2, -0.15) is 0 Å². The molecular weight excluding hydrogens is 342 g/mol. The fourth-order valence-corrected chi connectivity index (χ4v) is 2.43. The number of rotatable bonds is 16. The highest BCUT2D eigenvalue weighted by Crippen LogP contribution is 2.09. The minimum atomic E-state index is -0.394. The van der Waals surface area contributed by atoms with Gasteiger partial charge >= 0.3 is 0 Å². The zero-order chi connectivity index (χ0) is 20.7. The number of nitrogens with two attached hydrogens (primary N) is 1. The lowest BCUT2D eigenvalue weighted by atomic mass is 10.1. The number of hydrogen-bond donors (Lipinski definition) is 1. The summed E-state index contributed by atoms with van der Waals surface area (Å²) in [6.45, 7) is 3.96. The Morgan fingerprint density at radius 1 is 0.643 bits per heavy atom. The quantitative estimate of drug-likeness (QED) is 0.170. The van der Waals surface area contributed by atoms with E-state index in [1.807, 2.05) is 48.6 Å². The van der Waals surface area contributed by atoms with Gasteiger partial charge in [0.25, 0.3) is 0 Å². The highest BCUT2D eigenvalue weighted by molar-refractivity contribution is 5.91. The van der Waals surface area contributed by atoms with Crippen LogP contribution in [0.5, 0.6) is 0 Å². The van der Waals surface area contributed by atoms with E-state index in [2.05, 4.69) is 25.2 Å². The number of primary amides is 1. The molecule has 154 valence electrons. The second-order valence-electron chi connectivity index (χ2n) is 6.83. The molecule has 0 spiro atoms. The van der Waals surface area contributed by atoms with Crippen molar-refractivity contribution in [2.45, 2.75) is 71.6 Å². The third kappa shape index (κ3) is 20.0. The van der Waals surface area contributed by atoms with E-state index in [1.54, 1.807) is 19.1 Å². The standard InChI is InChI=1S/C26H39NO/c1-3-4-5-6-7-8-9-10-11-12-13-14-15-16-17-18-19-20-21-22-23-24-25(2)26(27)28/h12-24H,3-11H2,1-2H3,(H2,27,28)/b13-12+,15-14+,17-16+,19-18+,21-20+,23-22+,25-24+. The highest BCUT2D eigenvalue weighted by atomic mass is 16.1. The first-order chi connectivity index (χ1) is 13.7. The Morgan fingerprint density at radius 3 is 1.57 bits per heavy atom. The molecule has 28 heavy (non-hydrogen) atoms. The number of carbonyl (C=O) groups excluding carboxylic acids is 1. The molecule has 0 saturated heterocycles. The van der Waals surface area contributed by atoms with Gasteiger partial charge in [-0.15, -0.1) is 0 Å². The molecule has 0 aromatic carbocycles. The maximum absolute atomic E-state index is 10.8. The molecule has 0 aliphatic heterocycles. The average Bonchev–Trinajstić information content (AvgIpc) is 2.68. The summed E-state index contributed by atoms with van der Waals surface area (Å²) in [6, 6.07) is 0. The van der Waals surface area contributed by atoms with Crippen LogP contribution in [-0.2, 0) is 4.79 Å². The summed E-state index contributed by atoms with van der Waals surface area (Å²) < 4.78 is 0. The van der Waals surface area contributed by atoms with Gasteiger partial charge < -0.3 is 5.73 Å². The molecule has 0 aliphatic carbocycles. The van der Waals surface area contributed by atoms with Crippen molar-refractivity contribution in [3.8, 4) is 0 Å². The molecule has 0 aromatic rings. The topological polar surface area (TPSA) is 43.1 Å². The maximum atomic E-state index is 10.8. The lowest BCUT2D eigenvalue weighted by Crippen LogP contribution is -2.11. The fourth-order valence-electron chi connectivity index (χ4n) is 2.43. The Bertz CT molecular complexity index is 586. The fraction of sp³-hybridized carbons (Fsp3) is 0.423. The molecule has 0 unspecified atom stereocenters. The monoisotopic (exact) mass is 381 g/mol. The van der Waals surface area contributed by atoms with Gasteiger partial charge in [0.15, 0.2) is 0 Å². The summed E-state index contributed by atoms with van der Waals surface area (Å²) in [7, 11) is 0. The first-order valence-electron chi connectivity index (χ1n) is 10.6. The van der Waals surface area contributed by atoms with Crippen molar-refractivity contribution in [3.05, 3.63) is 84.6 Å². The molecule has 2 nitrogen and oxygen atoms in total. The maximum Gasteiger partial charge on any atom is 0.244 e. The minimum absolute atomic E-state index is 0.394. The summed E-state index contributed by atoms with van der Waals surface area (Å²) in [6.07, 6.45) is 37.8. The Morgan fingerprint density at radius 2 is 1.07 bits per heavy atom. The molecule has 0 aliphatic rings. The Balaban J connectivity index is 3.69. The van der Waals surface area contributed by atoms with Gasteiger partial charge in [0.2, 0.25) is 5.91 Å². The molecule has 2 heteroatoms. The van der Waals surface area contributed by atoms with Crippen LogP contribution in [0.1, 0.15) is 71.6 Å². The molecule has 0 bridgehead atoms. The van der Waals surface area contributed by atoms with Crippen LogP contribution >= 0.6 is 0 Å². The summed E-state index contributed by atoms with van der Waals surface area (Å²) in [5.74, 6) is -0.394. The van der Waals surface area contributed by atoms with Crippen molar-refractivity contribution >= 4 is 5.91 Å². The zero-order valence-electron chi connectivity index (χ0n) is 17.9. The van der Waals surface area contributed by atoms with Crippen molar-refractivity contribution in [1.29, 1.82) is 0 Å². The van der Waals surface area contributed by atoms with Crippen LogP contribution in [-0.4, -0.2) is 5.91 Å². The summed E-state index contributed by atoms with van der Waals surface area (Å²) in [5.41, 5.74) is 5.68. The third-order valence-corrected chi connectivity index (χ3v) is 4.21. The van der Waals surface area contributed by atoms with E-state index in [9.17, 15) is 4.79 Å². The van der Waals surface area contributed by atoms with Gasteiger partial charge in [-0.25, -0.2) is 0 Å². The van der Waals surface area contributed by atoms with Gasteiger partial charge in [-0.05, 0) is 19.8 Å². The van der Waals surface area contributed by atoms with E-state index in [0.717, 1.165) is 0 Å². The summed E-state index contributed by atoms with van der Waals surface area (Å²) >= 11 is 0. The van der Waals surface area contributed by atoms with Gasteiger partial charge in [-0.3, -0.25) is 4.79 Å². The SMILES string of the molecule is CCCCCCCCCC/C=C/C=C/C=C/C=C/C=C/C=C/C=C(\C)C(N)=O. The van der Waals surface area contributed by atoms with Crippen LogP contribution in [0, 0.1) is 0 Å². The van der Waals surface area contributed by atoms with E-state index in [4.69, 9.17) is 5.73 Å².